The maximum absolute atomic E-state index is 13.4. The molecule has 0 aromatic carbocycles. The summed E-state index contributed by atoms with van der Waals surface area (Å²) in [5, 5.41) is 10.7. The lowest BCUT2D eigenvalue weighted by Gasteiger charge is -2.60. The van der Waals surface area contributed by atoms with Crippen LogP contribution in [0.4, 0.5) is 0 Å². The van der Waals surface area contributed by atoms with E-state index in [-0.39, 0.29) is 10.8 Å². The quantitative estimate of drug-likeness (QED) is 0.486. The fourth-order valence-corrected chi connectivity index (χ4v) is 8.92. The van der Waals surface area contributed by atoms with E-state index in [0.717, 1.165) is 24.2 Å². The third kappa shape index (κ3) is 3.42. The second kappa shape index (κ2) is 7.86. The molecule has 1 N–H and O–H groups in total. The Bertz CT molecular complexity index is 785. The molecule has 0 spiro atoms. The molecule has 4 aliphatic rings. The molecule has 0 saturated heterocycles. The summed E-state index contributed by atoms with van der Waals surface area (Å²) in [6.07, 6.45) is 13.4. The molecule has 3 fully saturated rings. The largest absolute Gasteiger partial charge is 0.392 e. The molecule has 0 amide bonds. The molecule has 0 aliphatic heterocycles. The predicted octanol–water partition coefficient (Wildman–Crippen LogP) is 7.12. The highest BCUT2D eigenvalue weighted by molar-refractivity contribution is 5.90. The fourth-order valence-electron chi connectivity index (χ4n) is 8.92. The van der Waals surface area contributed by atoms with Crippen molar-refractivity contribution in [1.29, 1.82) is 0 Å². The molecular weight excluding hydrogens is 380 g/mol. The topological polar surface area (TPSA) is 37.3 Å². The van der Waals surface area contributed by atoms with E-state index in [1.165, 1.54) is 49.7 Å². The summed E-state index contributed by atoms with van der Waals surface area (Å²) in [5.41, 5.74) is 2.47. The zero-order valence-electron chi connectivity index (χ0n) is 21.1. The number of Topliss-reactive ketones (excluding diaryl/α,β-unsaturated/α-hetero) is 1. The Labute approximate surface area is 191 Å². The molecule has 4 aliphatic carbocycles. The SMILES string of the molecule is CC(C)=CCC[C@@H](C)[C@H]1CC[C@H]2[C@@H]3CC=C4C(C)(C)[C@@H](O)CC(=O)[C@]4(C)[C@H]3CC[C@]12C. The molecule has 0 radical (unpaired) electrons. The summed E-state index contributed by atoms with van der Waals surface area (Å²) in [5.74, 6) is 3.75. The lowest BCUT2D eigenvalue weighted by Crippen LogP contribution is -2.58. The van der Waals surface area contributed by atoms with Gasteiger partial charge < -0.3 is 5.11 Å². The zero-order chi connectivity index (χ0) is 22.8. The third-order valence-electron chi connectivity index (χ3n) is 10.8. The van der Waals surface area contributed by atoms with Gasteiger partial charge in [-0.25, -0.2) is 0 Å². The zero-order valence-corrected chi connectivity index (χ0v) is 21.1. The highest BCUT2D eigenvalue weighted by Gasteiger charge is 2.63. The van der Waals surface area contributed by atoms with Gasteiger partial charge in [0.25, 0.3) is 0 Å². The number of ketones is 1. The molecule has 2 nitrogen and oxygen atoms in total. The van der Waals surface area contributed by atoms with Gasteiger partial charge in [0.15, 0.2) is 0 Å². The van der Waals surface area contributed by atoms with Crippen molar-refractivity contribution in [2.75, 3.05) is 0 Å². The molecule has 8 atom stereocenters. The van der Waals surface area contributed by atoms with Gasteiger partial charge >= 0.3 is 0 Å². The van der Waals surface area contributed by atoms with Crippen LogP contribution in [0.5, 0.6) is 0 Å². The molecule has 0 unspecified atom stereocenters. The standard InChI is InChI=1S/C29H46O2/c1-18(2)9-8-10-19(3)21-12-13-22-20-11-14-24-27(4,5)25(30)17-26(31)29(24,7)23(20)15-16-28(21,22)6/h9,14,19-23,25,30H,8,10-13,15-17H2,1-7H3/t19-,20+,21-,22+,23+,25+,28-,29-/m1/s1. The van der Waals surface area contributed by atoms with Crippen LogP contribution in [0.25, 0.3) is 0 Å². The molecule has 0 heterocycles. The van der Waals surface area contributed by atoms with Gasteiger partial charge in [-0.3, -0.25) is 4.79 Å². The first-order valence-electron chi connectivity index (χ1n) is 13.0. The number of rotatable bonds is 4. The van der Waals surface area contributed by atoms with E-state index in [2.05, 4.69) is 60.6 Å². The second-order valence-electron chi connectivity index (χ2n) is 12.9. The van der Waals surface area contributed by atoms with Gasteiger partial charge in [-0.2, -0.15) is 0 Å². The van der Waals surface area contributed by atoms with Crippen molar-refractivity contribution < 1.29 is 9.90 Å². The van der Waals surface area contributed by atoms with Crippen molar-refractivity contribution in [3.8, 4) is 0 Å². The van der Waals surface area contributed by atoms with Crippen LogP contribution in [0.3, 0.4) is 0 Å². The Balaban J connectivity index is 1.60. The number of hydrogen-bond acceptors (Lipinski definition) is 2. The molecule has 3 saturated carbocycles. The summed E-state index contributed by atoms with van der Waals surface area (Å²) in [4.78, 5) is 13.4. The van der Waals surface area contributed by atoms with Gasteiger partial charge in [0.1, 0.15) is 5.78 Å². The first-order chi connectivity index (χ1) is 14.4. The minimum atomic E-state index is -0.540. The van der Waals surface area contributed by atoms with Crippen molar-refractivity contribution in [2.24, 2.45) is 45.8 Å². The number of carbonyl (C=O) groups is 1. The molecule has 31 heavy (non-hydrogen) atoms. The van der Waals surface area contributed by atoms with E-state index in [0.29, 0.717) is 29.5 Å². The number of fused-ring (bicyclic) bond motifs is 5. The van der Waals surface area contributed by atoms with Crippen LogP contribution < -0.4 is 0 Å². The summed E-state index contributed by atoms with van der Waals surface area (Å²) in [6, 6.07) is 0. The Morgan fingerprint density at radius 1 is 1.16 bits per heavy atom. The molecular formula is C29H46O2. The number of hydrogen-bond donors (Lipinski definition) is 1. The highest BCUT2D eigenvalue weighted by Crippen LogP contribution is 2.68. The van der Waals surface area contributed by atoms with Crippen LogP contribution in [-0.4, -0.2) is 17.0 Å². The van der Waals surface area contributed by atoms with E-state index in [1.807, 2.05) is 0 Å². The fraction of sp³-hybridized carbons (Fsp3) is 0.828. The molecule has 174 valence electrons. The van der Waals surface area contributed by atoms with Crippen LogP contribution in [0.15, 0.2) is 23.3 Å². The van der Waals surface area contributed by atoms with Crippen LogP contribution in [-0.2, 0) is 4.79 Å². The Morgan fingerprint density at radius 3 is 2.55 bits per heavy atom. The monoisotopic (exact) mass is 426 g/mol. The van der Waals surface area contributed by atoms with Gasteiger partial charge in [0.05, 0.1) is 11.5 Å². The smallest absolute Gasteiger partial charge is 0.145 e. The normalized spacial score (nSPS) is 44.6. The summed E-state index contributed by atoms with van der Waals surface area (Å²) < 4.78 is 0. The van der Waals surface area contributed by atoms with Gasteiger partial charge in [-0.1, -0.05) is 51.0 Å². The first-order valence-corrected chi connectivity index (χ1v) is 13.0. The number of carbonyl (C=O) groups excluding carboxylic acids is 1. The van der Waals surface area contributed by atoms with Gasteiger partial charge in [-0.05, 0) is 101 Å². The van der Waals surface area contributed by atoms with Gasteiger partial charge in [0.2, 0.25) is 0 Å². The van der Waals surface area contributed by atoms with E-state index >= 15 is 0 Å². The van der Waals surface area contributed by atoms with Crippen LogP contribution in [0.1, 0.15) is 99.8 Å². The Hall–Kier alpha value is -0.890. The number of aliphatic hydroxyl groups excluding tert-OH is 1. The first kappa shape index (κ1) is 23.3. The highest BCUT2D eigenvalue weighted by atomic mass is 16.3. The van der Waals surface area contributed by atoms with Crippen molar-refractivity contribution >= 4 is 5.78 Å². The number of aliphatic hydroxyl groups is 1. The number of allylic oxidation sites excluding steroid dienone is 3. The lowest BCUT2D eigenvalue weighted by atomic mass is 9.44. The second-order valence-corrected chi connectivity index (χ2v) is 12.9. The van der Waals surface area contributed by atoms with E-state index in [4.69, 9.17) is 0 Å². The Kier molecular flexibility index (Phi) is 5.90. The average molecular weight is 427 g/mol. The Morgan fingerprint density at radius 2 is 1.87 bits per heavy atom. The van der Waals surface area contributed by atoms with Gasteiger partial charge in [-0.15, -0.1) is 0 Å². The summed E-state index contributed by atoms with van der Waals surface area (Å²) in [7, 11) is 0. The average Bonchev–Trinajstić information content (AvgIpc) is 3.04. The van der Waals surface area contributed by atoms with Crippen LogP contribution >= 0.6 is 0 Å². The van der Waals surface area contributed by atoms with E-state index in [9.17, 15) is 9.90 Å². The predicted molar refractivity (Wildman–Crippen MR) is 129 cm³/mol. The minimum absolute atomic E-state index is 0.286. The van der Waals surface area contributed by atoms with Crippen molar-refractivity contribution in [2.45, 2.75) is 106 Å². The third-order valence-corrected chi connectivity index (χ3v) is 10.8. The summed E-state index contributed by atoms with van der Waals surface area (Å²) >= 11 is 0. The van der Waals surface area contributed by atoms with E-state index in [1.54, 1.807) is 0 Å². The summed E-state index contributed by atoms with van der Waals surface area (Å²) in [6.45, 7) is 16.1. The molecule has 0 aromatic heterocycles. The molecule has 4 rings (SSSR count). The van der Waals surface area contributed by atoms with E-state index < -0.39 is 6.10 Å². The molecule has 0 bridgehead atoms. The lowest BCUT2D eigenvalue weighted by molar-refractivity contribution is -0.146. The van der Waals surface area contributed by atoms with Crippen molar-refractivity contribution in [1.82, 2.24) is 0 Å². The maximum Gasteiger partial charge on any atom is 0.145 e. The van der Waals surface area contributed by atoms with Crippen LogP contribution in [0.2, 0.25) is 0 Å². The van der Waals surface area contributed by atoms with Crippen molar-refractivity contribution in [3.05, 3.63) is 23.3 Å². The van der Waals surface area contributed by atoms with Crippen molar-refractivity contribution in [3.63, 3.8) is 0 Å². The molecule has 2 heteroatoms. The molecule has 0 aromatic rings. The minimum Gasteiger partial charge on any atom is -0.392 e. The maximum atomic E-state index is 13.4. The van der Waals surface area contributed by atoms with Crippen LogP contribution in [0, 0.1) is 45.8 Å². The van der Waals surface area contributed by atoms with Gasteiger partial charge in [0, 0.05) is 11.8 Å².